The minimum Gasteiger partial charge on any atom is -0.462 e. The molecular formula is C31H58O17P2. The van der Waals surface area contributed by atoms with E-state index in [0.717, 1.165) is 38.5 Å². The molecule has 2 unspecified atom stereocenters. The number of hydrogen-bond donors (Lipinski definition) is 3. The molecular weight excluding hydrogens is 706 g/mol. The minimum absolute atomic E-state index is 0.0761. The molecule has 294 valence electrons. The number of rotatable bonds is 32. The molecule has 3 N–H and O–H groups in total. The zero-order valence-electron chi connectivity index (χ0n) is 29.8. The highest BCUT2D eigenvalue weighted by molar-refractivity contribution is 7.47. The Hall–Kier alpha value is -1.94. The fourth-order valence-corrected chi connectivity index (χ4v) is 5.34. The number of hydrogen-bond acceptors (Lipinski definition) is 15. The van der Waals surface area contributed by atoms with Gasteiger partial charge in [-0.05, 0) is 25.7 Å². The van der Waals surface area contributed by atoms with E-state index in [1.165, 1.54) is 0 Å². The van der Waals surface area contributed by atoms with E-state index in [-0.39, 0.29) is 25.7 Å². The van der Waals surface area contributed by atoms with Gasteiger partial charge in [0, 0.05) is 25.7 Å². The predicted octanol–water partition coefficient (Wildman–Crippen LogP) is 5.07. The summed E-state index contributed by atoms with van der Waals surface area (Å²) in [5, 5.41) is 10.1. The fourth-order valence-electron chi connectivity index (χ4n) is 3.76. The molecule has 0 aromatic heterocycles. The number of esters is 4. The summed E-state index contributed by atoms with van der Waals surface area (Å²) in [6, 6.07) is 0. The van der Waals surface area contributed by atoms with Gasteiger partial charge >= 0.3 is 39.5 Å². The van der Waals surface area contributed by atoms with Crippen LogP contribution in [0.2, 0.25) is 0 Å². The van der Waals surface area contributed by atoms with Gasteiger partial charge < -0.3 is 33.8 Å². The van der Waals surface area contributed by atoms with E-state index in [4.69, 9.17) is 37.0 Å². The maximum atomic E-state index is 12.4. The van der Waals surface area contributed by atoms with Crippen molar-refractivity contribution in [2.75, 3.05) is 39.6 Å². The first kappa shape index (κ1) is 48.1. The van der Waals surface area contributed by atoms with Crippen molar-refractivity contribution >= 4 is 39.5 Å². The Morgan fingerprint density at radius 3 is 1.18 bits per heavy atom. The Bertz CT molecular complexity index is 1060. The summed E-state index contributed by atoms with van der Waals surface area (Å²) in [7, 11) is -9.74. The molecule has 0 heterocycles. The molecule has 0 saturated carbocycles. The number of phosphoric acid groups is 2. The number of ether oxygens (including phenoxy) is 4. The first-order valence-electron chi connectivity index (χ1n) is 17.3. The van der Waals surface area contributed by atoms with E-state index < -0.39 is 97.5 Å². The van der Waals surface area contributed by atoms with Crippen LogP contribution in [0.25, 0.3) is 0 Å². The molecule has 0 rings (SSSR count). The van der Waals surface area contributed by atoms with Gasteiger partial charge in [-0.1, -0.05) is 66.2 Å². The lowest BCUT2D eigenvalue weighted by Crippen LogP contribution is -2.30. The molecule has 17 nitrogen and oxygen atoms in total. The van der Waals surface area contributed by atoms with Gasteiger partial charge in [-0.2, -0.15) is 0 Å². The van der Waals surface area contributed by atoms with E-state index in [1.54, 1.807) is 0 Å². The molecule has 0 bridgehead atoms. The standard InChI is InChI=1S/C31H58O17P2/c1-5-9-13-17-29(34)42-22-26(47-30(35)16-12-8-4)23-45-49(37,38)43-19-25(32)20-44-50(39,40)46-24-27(21-41-28(33)15-11-7-3)48-31(36)18-14-10-6-2/h25-27,32H,5-24H2,1-4H3,(H,37,38)(H,39,40)/t25-,26+,27+/m0/s1. The minimum atomic E-state index is -4.87. The van der Waals surface area contributed by atoms with Crippen LogP contribution in [0.15, 0.2) is 0 Å². The van der Waals surface area contributed by atoms with Crippen LogP contribution in [0.5, 0.6) is 0 Å². The van der Waals surface area contributed by atoms with Gasteiger partial charge in [0.1, 0.15) is 19.3 Å². The van der Waals surface area contributed by atoms with Crippen LogP contribution in [0.3, 0.4) is 0 Å². The van der Waals surface area contributed by atoms with Crippen LogP contribution >= 0.6 is 15.6 Å². The Morgan fingerprint density at radius 1 is 0.480 bits per heavy atom. The van der Waals surface area contributed by atoms with E-state index >= 15 is 0 Å². The van der Waals surface area contributed by atoms with Gasteiger partial charge in [0.25, 0.3) is 0 Å². The smallest absolute Gasteiger partial charge is 0.462 e. The highest BCUT2D eigenvalue weighted by Gasteiger charge is 2.30. The predicted molar refractivity (Wildman–Crippen MR) is 178 cm³/mol. The topological polar surface area (TPSA) is 237 Å². The van der Waals surface area contributed by atoms with Crippen LogP contribution in [0.4, 0.5) is 0 Å². The van der Waals surface area contributed by atoms with Crippen molar-refractivity contribution in [2.45, 2.75) is 136 Å². The van der Waals surface area contributed by atoms with Crippen LogP contribution in [0, 0.1) is 0 Å². The summed E-state index contributed by atoms with van der Waals surface area (Å²) in [6.45, 7) is 3.69. The molecule has 0 aliphatic carbocycles. The maximum absolute atomic E-state index is 12.4. The average molecular weight is 765 g/mol. The maximum Gasteiger partial charge on any atom is 0.472 e. The summed E-state index contributed by atoms with van der Waals surface area (Å²) >= 11 is 0. The SMILES string of the molecule is CCCCCC(=O)OC[C@H](COP(=O)(O)OC[C@H](O)COP(=O)(O)OC[C@@H](COC(=O)CCCC)OC(=O)CCCCC)OC(=O)CCCC. The third kappa shape index (κ3) is 27.7. The molecule has 0 amide bonds. The van der Waals surface area contributed by atoms with E-state index in [1.807, 2.05) is 27.7 Å². The second-order valence-corrected chi connectivity index (χ2v) is 14.4. The molecule has 0 aliphatic rings. The van der Waals surface area contributed by atoms with Crippen LogP contribution in [0.1, 0.15) is 118 Å². The summed E-state index contributed by atoms with van der Waals surface area (Å²) < 4.78 is 64.7. The quantitative estimate of drug-likeness (QED) is 0.0351. The van der Waals surface area contributed by atoms with Crippen LogP contribution in [-0.2, 0) is 65.4 Å². The van der Waals surface area contributed by atoms with Crippen molar-refractivity contribution in [1.29, 1.82) is 0 Å². The Kier molecular flexibility index (Phi) is 27.5. The summed E-state index contributed by atoms with van der Waals surface area (Å²) in [4.78, 5) is 68.3. The van der Waals surface area contributed by atoms with Crippen molar-refractivity contribution in [3.63, 3.8) is 0 Å². The summed E-state index contributed by atoms with van der Waals surface area (Å²) in [5.41, 5.74) is 0. The molecule has 0 radical (unpaired) electrons. The monoisotopic (exact) mass is 764 g/mol. The Balaban J connectivity index is 4.96. The molecule has 5 atom stereocenters. The van der Waals surface area contributed by atoms with Crippen molar-refractivity contribution in [3.05, 3.63) is 0 Å². The number of aliphatic hydroxyl groups is 1. The first-order chi connectivity index (χ1) is 23.7. The van der Waals surface area contributed by atoms with Gasteiger partial charge in [-0.15, -0.1) is 0 Å². The molecule has 19 heteroatoms. The van der Waals surface area contributed by atoms with Gasteiger partial charge in [-0.25, -0.2) is 9.13 Å². The van der Waals surface area contributed by atoms with Crippen molar-refractivity contribution in [3.8, 4) is 0 Å². The molecule has 0 fully saturated rings. The molecule has 0 aliphatic heterocycles. The lowest BCUT2D eigenvalue weighted by atomic mass is 10.2. The largest absolute Gasteiger partial charge is 0.472 e. The number of phosphoric ester groups is 2. The zero-order chi connectivity index (χ0) is 37.8. The summed E-state index contributed by atoms with van der Waals surface area (Å²) in [6.07, 6.45) is 3.47. The number of carbonyl (C=O) groups excluding carboxylic acids is 4. The van der Waals surface area contributed by atoms with Gasteiger partial charge in [0.05, 0.1) is 26.4 Å². The third-order valence-electron chi connectivity index (χ3n) is 6.60. The second-order valence-electron chi connectivity index (χ2n) is 11.5. The Labute approximate surface area is 295 Å². The zero-order valence-corrected chi connectivity index (χ0v) is 31.6. The average Bonchev–Trinajstić information content (AvgIpc) is 3.07. The van der Waals surface area contributed by atoms with E-state index in [9.17, 15) is 43.2 Å². The van der Waals surface area contributed by atoms with Crippen LogP contribution in [-0.4, -0.2) is 96.7 Å². The van der Waals surface area contributed by atoms with Gasteiger partial charge in [0.15, 0.2) is 12.2 Å². The lowest BCUT2D eigenvalue weighted by molar-refractivity contribution is -0.161. The fraction of sp³-hybridized carbons (Fsp3) is 0.871. The third-order valence-corrected chi connectivity index (χ3v) is 8.50. The van der Waals surface area contributed by atoms with Crippen molar-refractivity contribution < 1.29 is 80.2 Å². The molecule has 0 saturated heterocycles. The molecule has 0 aromatic rings. The summed E-state index contributed by atoms with van der Waals surface area (Å²) in [5.74, 6) is -2.31. The molecule has 0 spiro atoms. The highest BCUT2D eigenvalue weighted by atomic mass is 31.2. The first-order valence-corrected chi connectivity index (χ1v) is 20.3. The van der Waals surface area contributed by atoms with Crippen molar-refractivity contribution in [1.82, 2.24) is 0 Å². The molecule has 50 heavy (non-hydrogen) atoms. The van der Waals surface area contributed by atoms with Gasteiger partial charge in [0.2, 0.25) is 0 Å². The normalized spacial score (nSPS) is 15.6. The van der Waals surface area contributed by atoms with E-state index in [0.29, 0.717) is 25.7 Å². The highest BCUT2D eigenvalue weighted by Crippen LogP contribution is 2.45. The second kappa shape index (κ2) is 28.6. The lowest BCUT2D eigenvalue weighted by Gasteiger charge is -2.21. The van der Waals surface area contributed by atoms with Crippen LogP contribution < -0.4 is 0 Å². The number of unbranched alkanes of at least 4 members (excludes halogenated alkanes) is 6. The number of carbonyl (C=O) groups is 4. The van der Waals surface area contributed by atoms with Gasteiger partial charge in [-0.3, -0.25) is 37.3 Å². The van der Waals surface area contributed by atoms with E-state index in [2.05, 4.69) is 0 Å². The van der Waals surface area contributed by atoms with Crippen molar-refractivity contribution in [2.24, 2.45) is 0 Å². The number of aliphatic hydroxyl groups excluding tert-OH is 1. The Morgan fingerprint density at radius 2 is 0.800 bits per heavy atom. The molecule has 0 aromatic carbocycles.